The van der Waals surface area contributed by atoms with Gasteiger partial charge in [-0.3, -0.25) is 5.32 Å². The fraction of sp³-hybridized carbons (Fsp3) is 0.130. The number of hydrogen-bond acceptors (Lipinski definition) is 4. The van der Waals surface area contributed by atoms with Gasteiger partial charge in [-0.15, -0.1) is 0 Å². The van der Waals surface area contributed by atoms with Crippen LogP contribution in [0.25, 0.3) is 11.4 Å². The van der Waals surface area contributed by atoms with Crippen LogP contribution < -0.4 is 5.32 Å². The van der Waals surface area contributed by atoms with Crippen LogP contribution in [-0.4, -0.2) is 10.1 Å². The van der Waals surface area contributed by atoms with Crippen LogP contribution in [0.1, 0.15) is 28.6 Å². The molecule has 0 saturated heterocycles. The van der Waals surface area contributed by atoms with Crippen LogP contribution in [0.2, 0.25) is 0 Å². The minimum absolute atomic E-state index is 0.0752. The Morgan fingerprint density at radius 2 is 1.37 bits per heavy atom. The molecule has 0 bridgehead atoms. The largest absolute Gasteiger partial charge is 0.416 e. The quantitative estimate of drug-likeness (QED) is 0.448. The Kier molecular flexibility index (Phi) is 5.63. The Hall–Kier alpha value is -3.45. The summed E-state index contributed by atoms with van der Waals surface area (Å²) in [5.41, 5.74) is 1.92. The number of alkyl halides is 3. The number of rotatable bonds is 6. The van der Waals surface area contributed by atoms with E-state index in [-0.39, 0.29) is 11.9 Å². The molecule has 0 aliphatic heterocycles. The first-order valence-electron chi connectivity index (χ1n) is 9.34. The lowest BCUT2D eigenvalue weighted by Crippen LogP contribution is -2.22. The van der Waals surface area contributed by atoms with Crippen LogP contribution in [0, 0.1) is 0 Å². The third kappa shape index (κ3) is 4.58. The Bertz CT molecular complexity index is 1040. The Morgan fingerprint density at radius 1 is 0.800 bits per heavy atom. The van der Waals surface area contributed by atoms with Crippen LogP contribution in [0.15, 0.2) is 89.5 Å². The van der Waals surface area contributed by atoms with Gasteiger partial charge in [-0.05, 0) is 23.3 Å². The fourth-order valence-electron chi connectivity index (χ4n) is 3.16. The smallest absolute Gasteiger partial charge is 0.338 e. The molecule has 0 unspecified atom stereocenters. The van der Waals surface area contributed by atoms with E-state index >= 15 is 0 Å². The van der Waals surface area contributed by atoms with Crippen LogP contribution in [0.5, 0.6) is 0 Å². The Labute approximate surface area is 171 Å². The van der Waals surface area contributed by atoms with Crippen LogP contribution >= 0.6 is 0 Å². The van der Waals surface area contributed by atoms with Gasteiger partial charge in [0, 0.05) is 5.56 Å². The second kappa shape index (κ2) is 8.51. The van der Waals surface area contributed by atoms with Crippen molar-refractivity contribution in [2.75, 3.05) is 0 Å². The van der Waals surface area contributed by atoms with E-state index in [0.717, 1.165) is 23.3 Å². The van der Waals surface area contributed by atoms with E-state index in [1.807, 2.05) is 60.7 Å². The molecule has 0 atom stereocenters. The zero-order chi connectivity index (χ0) is 21.0. The molecule has 152 valence electrons. The van der Waals surface area contributed by atoms with Crippen molar-refractivity contribution in [2.45, 2.75) is 18.8 Å². The minimum Gasteiger partial charge on any atom is -0.338 e. The average molecular weight is 409 g/mol. The number of halogens is 3. The maximum absolute atomic E-state index is 12.7. The van der Waals surface area contributed by atoms with E-state index in [4.69, 9.17) is 4.52 Å². The number of aromatic nitrogens is 2. The van der Waals surface area contributed by atoms with Crippen LogP contribution in [-0.2, 0) is 12.7 Å². The lowest BCUT2D eigenvalue weighted by atomic mass is 9.99. The third-order valence-electron chi connectivity index (χ3n) is 4.66. The predicted octanol–water partition coefficient (Wildman–Crippen LogP) is 5.63. The Balaban J connectivity index is 1.50. The standard InChI is InChI=1S/C23H18F3N3O/c24-23(25,26)19-13-11-18(12-14-19)22-28-20(30-29-22)15-27-21(16-7-3-1-4-8-16)17-9-5-2-6-10-17/h1-14,21,27H,15H2. The number of benzene rings is 3. The predicted molar refractivity (Wildman–Crippen MR) is 106 cm³/mol. The van der Waals surface area contributed by atoms with Crippen LogP contribution in [0.4, 0.5) is 13.2 Å². The van der Waals surface area contributed by atoms with Crippen molar-refractivity contribution in [1.29, 1.82) is 0 Å². The highest BCUT2D eigenvalue weighted by Gasteiger charge is 2.30. The van der Waals surface area contributed by atoms with Crippen molar-refractivity contribution in [2.24, 2.45) is 0 Å². The number of hydrogen-bond donors (Lipinski definition) is 1. The minimum atomic E-state index is -4.38. The van der Waals surface area contributed by atoms with Gasteiger partial charge >= 0.3 is 6.18 Å². The van der Waals surface area contributed by atoms with Gasteiger partial charge < -0.3 is 4.52 Å². The molecule has 0 aliphatic carbocycles. The first kappa shape index (κ1) is 19.8. The molecular weight excluding hydrogens is 391 g/mol. The number of nitrogens with zero attached hydrogens (tertiary/aromatic N) is 2. The SMILES string of the molecule is FC(F)(F)c1ccc(-c2noc(CNC(c3ccccc3)c3ccccc3)n2)cc1. The summed E-state index contributed by atoms with van der Waals surface area (Å²) >= 11 is 0. The molecule has 3 aromatic carbocycles. The molecule has 1 N–H and O–H groups in total. The molecule has 0 fully saturated rings. The molecule has 1 heterocycles. The van der Waals surface area contributed by atoms with Crippen molar-refractivity contribution in [3.8, 4) is 11.4 Å². The molecule has 0 spiro atoms. The summed E-state index contributed by atoms with van der Waals surface area (Å²) in [4.78, 5) is 4.31. The summed E-state index contributed by atoms with van der Waals surface area (Å²) < 4.78 is 43.5. The molecule has 4 aromatic rings. The van der Waals surface area contributed by atoms with Gasteiger partial charge in [-0.25, -0.2) is 0 Å². The summed E-state index contributed by atoms with van der Waals surface area (Å²) in [5.74, 6) is 0.596. The van der Waals surface area contributed by atoms with Crippen LogP contribution in [0.3, 0.4) is 0 Å². The highest BCUT2D eigenvalue weighted by atomic mass is 19.4. The van der Waals surface area contributed by atoms with Crippen molar-refractivity contribution in [3.05, 3.63) is 108 Å². The summed E-state index contributed by atoms with van der Waals surface area (Å²) in [6.07, 6.45) is -4.38. The highest BCUT2D eigenvalue weighted by Crippen LogP contribution is 2.30. The van der Waals surface area contributed by atoms with Gasteiger partial charge in [0.1, 0.15) is 0 Å². The van der Waals surface area contributed by atoms with Crippen molar-refractivity contribution >= 4 is 0 Å². The topological polar surface area (TPSA) is 51.0 Å². The molecule has 0 amide bonds. The van der Waals surface area contributed by atoms with E-state index in [2.05, 4.69) is 15.5 Å². The zero-order valence-electron chi connectivity index (χ0n) is 15.8. The second-order valence-corrected chi connectivity index (χ2v) is 6.72. The number of nitrogens with one attached hydrogen (secondary N) is 1. The van der Waals surface area contributed by atoms with E-state index in [9.17, 15) is 13.2 Å². The van der Waals surface area contributed by atoms with E-state index in [1.54, 1.807) is 0 Å². The van der Waals surface area contributed by atoms with Crippen molar-refractivity contribution in [3.63, 3.8) is 0 Å². The average Bonchev–Trinajstić information content (AvgIpc) is 3.24. The molecule has 4 rings (SSSR count). The van der Waals surface area contributed by atoms with Crippen molar-refractivity contribution < 1.29 is 17.7 Å². The normalized spacial score (nSPS) is 11.7. The van der Waals surface area contributed by atoms with Gasteiger partial charge in [0.05, 0.1) is 18.2 Å². The first-order valence-corrected chi connectivity index (χ1v) is 9.34. The molecule has 7 heteroatoms. The van der Waals surface area contributed by atoms with Gasteiger partial charge in [0.15, 0.2) is 0 Å². The summed E-state index contributed by atoms with van der Waals surface area (Å²) in [6, 6.07) is 24.6. The maximum Gasteiger partial charge on any atom is 0.416 e. The van der Waals surface area contributed by atoms with Gasteiger partial charge in [0.25, 0.3) is 0 Å². The highest BCUT2D eigenvalue weighted by molar-refractivity contribution is 5.54. The molecular formula is C23H18F3N3O. The van der Waals surface area contributed by atoms with E-state index < -0.39 is 11.7 Å². The third-order valence-corrected chi connectivity index (χ3v) is 4.66. The van der Waals surface area contributed by atoms with Gasteiger partial charge in [-0.2, -0.15) is 18.2 Å². The first-order chi connectivity index (χ1) is 14.5. The van der Waals surface area contributed by atoms with E-state index in [1.165, 1.54) is 12.1 Å². The monoisotopic (exact) mass is 409 g/mol. The molecule has 1 aromatic heterocycles. The second-order valence-electron chi connectivity index (χ2n) is 6.72. The molecule has 4 nitrogen and oxygen atoms in total. The van der Waals surface area contributed by atoms with E-state index in [0.29, 0.717) is 18.0 Å². The van der Waals surface area contributed by atoms with Crippen molar-refractivity contribution in [1.82, 2.24) is 15.5 Å². The zero-order valence-corrected chi connectivity index (χ0v) is 15.8. The van der Waals surface area contributed by atoms with Gasteiger partial charge in [-0.1, -0.05) is 78.0 Å². The lowest BCUT2D eigenvalue weighted by Gasteiger charge is -2.18. The molecule has 0 radical (unpaired) electrons. The summed E-state index contributed by atoms with van der Waals surface area (Å²) in [5, 5.41) is 7.31. The summed E-state index contributed by atoms with van der Waals surface area (Å²) in [6.45, 7) is 0.308. The van der Waals surface area contributed by atoms with Gasteiger partial charge in [0.2, 0.25) is 11.7 Å². The molecule has 0 aliphatic rings. The Morgan fingerprint density at radius 3 is 1.90 bits per heavy atom. The fourth-order valence-corrected chi connectivity index (χ4v) is 3.16. The lowest BCUT2D eigenvalue weighted by molar-refractivity contribution is -0.137. The molecule has 0 saturated carbocycles. The summed E-state index contributed by atoms with van der Waals surface area (Å²) in [7, 11) is 0. The maximum atomic E-state index is 12.7. The molecule has 30 heavy (non-hydrogen) atoms.